The van der Waals surface area contributed by atoms with Crippen LogP contribution in [0.15, 0.2) is 89.2 Å². The first-order valence-electron chi connectivity index (χ1n) is 9.31. The van der Waals surface area contributed by atoms with Crippen LogP contribution in [0, 0.1) is 6.92 Å². The number of thiazole rings is 1. The van der Waals surface area contributed by atoms with E-state index in [-0.39, 0.29) is 23.6 Å². The van der Waals surface area contributed by atoms with Gasteiger partial charge in [-0.2, -0.15) is 0 Å². The monoisotopic (exact) mass is 465 g/mol. The second-order valence-corrected chi connectivity index (χ2v) is 7.51. The van der Waals surface area contributed by atoms with Crippen LogP contribution >= 0.6 is 11.3 Å². The molecule has 1 heterocycles. The first-order chi connectivity index (χ1) is 13.7. The van der Waals surface area contributed by atoms with Gasteiger partial charge in [-0.3, -0.25) is 0 Å². The van der Waals surface area contributed by atoms with Crippen LogP contribution < -0.4 is 21.8 Å². The van der Waals surface area contributed by atoms with Crippen molar-refractivity contribution in [2.45, 2.75) is 13.5 Å². The summed E-state index contributed by atoms with van der Waals surface area (Å²) in [5.74, 6) is 0. The molecule has 0 saturated heterocycles. The van der Waals surface area contributed by atoms with Gasteiger partial charge in [-0.1, -0.05) is 66.7 Å². The van der Waals surface area contributed by atoms with Gasteiger partial charge < -0.3 is 26.7 Å². The zero-order chi connectivity index (χ0) is 19.3. The largest absolute Gasteiger partial charge is 1.00 e. The fraction of sp³-hybridized carbons (Fsp3) is 0.125. The molecule has 148 valence electrons. The number of hydrogen-bond donors (Lipinski definition) is 1. The van der Waals surface area contributed by atoms with Crippen LogP contribution in [0.1, 0.15) is 5.56 Å². The lowest BCUT2D eigenvalue weighted by molar-refractivity contribution is -0.00000667. The minimum Gasteiger partial charge on any atom is -1.00 e. The molecule has 5 heteroatoms. The molecule has 0 aliphatic rings. The minimum atomic E-state index is 0. The molecule has 4 aromatic rings. The van der Waals surface area contributed by atoms with Crippen LogP contribution in [0.2, 0.25) is 0 Å². The first kappa shape index (κ1) is 21.2. The van der Waals surface area contributed by atoms with Crippen LogP contribution in [0.25, 0.3) is 22.4 Å². The summed E-state index contributed by atoms with van der Waals surface area (Å²) in [5.41, 5.74) is 6.71. The Kier molecular flexibility index (Phi) is 7.20. The van der Waals surface area contributed by atoms with E-state index in [2.05, 4.69) is 77.5 Å². The topological polar surface area (TPSA) is 37.5 Å². The molecule has 1 aromatic heterocycles. The Labute approximate surface area is 185 Å². The van der Waals surface area contributed by atoms with Crippen LogP contribution in [0.5, 0.6) is 0 Å². The van der Waals surface area contributed by atoms with Crippen molar-refractivity contribution in [2.75, 3.05) is 6.61 Å². The van der Waals surface area contributed by atoms with Gasteiger partial charge >= 0.3 is 0 Å². The highest BCUT2D eigenvalue weighted by Gasteiger charge is 2.08. The zero-order valence-electron chi connectivity index (χ0n) is 16.1. The Morgan fingerprint density at radius 3 is 2.24 bits per heavy atom. The van der Waals surface area contributed by atoms with E-state index in [1.165, 1.54) is 16.7 Å². The summed E-state index contributed by atoms with van der Waals surface area (Å²) in [5, 5.41) is 11.7. The predicted molar refractivity (Wildman–Crippen MR) is 117 cm³/mol. The summed E-state index contributed by atoms with van der Waals surface area (Å²) in [4.78, 5) is 5.69. The summed E-state index contributed by atoms with van der Waals surface area (Å²) in [6, 6.07) is 27.1. The maximum Gasteiger partial charge on any atom is 0.190 e. The smallest absolute Gasteiger partial charge is 0.190 e. The highest BCUT2D eigenvalue weighted by Crippen LogP contribution is 2.25. The van der Waals surface area contributed by atoms with E-state index in [1.807, 2.05) is 18.2 Å². The van der Waals surface area contributed by atoms with Crippen molar-refractivity contribution < 1.29 is 22.1 Å². The third-order valence-corrected chi connectivity index (χ3v) is 5.50. The molecule has 0 atom stereocenters. The van der Waals surface area contributed by atoms with E-state index in [0.717, 1.165) is 21.7 Å². The summed E-state index contributed by atoms with van der Waals surface area (Å²) in [6.45, 7) is 2.66. The summed E-state index contributed by atoms with van der Waals surface area (Å²) >= 11 is 1.60. The van der Waals surface area contributed by atoms with E-state index >= 15 is 0 Å². The SMILES string of the molecule is Cc1cccc(N=c2scc(-c3ccc(-c4ccccc4)cc3)n2CCO)c1.[Br-]. The van der Waals surface area contributed by atoms with Crippen molar-refractivity contribution in [3.8, 4) is 22.4 Å². The number of hydrogen-bond acceptors (Lipinski definition) is 3. The number of nitrogens with zero attached hydrogens (tertiary/aromatic N) is 2. The molecule has 0 bridgehead atoms. The number of aliphatic hydroxyl groups is 1. The number of rotatable bonds is 5. The average molecular weight is 466 g/mol. The van der Waals surface area contributed by atoms with E-state index in [1.54, 1.807) is 11.3 Å². The van der Waals surface area contributed by atoms with Gasteiger partial charge in [0.15, 0.2) is 4.80 Å². The van der Waals surface area contributed by atoms with Crippen LogP contribution in [0.3, 0.4) is 0 Å². The molecule has 3 aromatic carbocycles. The van der Waals surface area contributed by atoms with Crippen molar-refractivity contribution in [1.29, 1.82) is 0 Å². The molecule has 0 aliphatic heterocycles. The standard InChI is InChI=1S/C24H22N2OS.BrH/c1-18-6-5-9-22(16-18)25-24-26(14-15-27)23(17-28-24)21-12-10-20(11-13-21)19-7-3-2-4-8-19;/h2-13,16-17,27H,14-15H2,1H3;1H/p-1. The van der Waals surface area contributed by atoms with E-state index in [9.17, 15) is 5.11 Å². The van der Waals surface area contributed by atoms with Gasteiger partial charge in [-0.15, -0.1) is 11.3 Å². The number of aliphatic hydroxyl groups excluding tert-OH is 1. The van der Waals surface area contributed by atoms with E-state index in [4.69, 9.17) is 4.99 Å². The Hall–Kier alpha value is -2.47. The lowest BCUT2D eigenvalue weighted by Gasteiger charge is -2.09. The Balaban J connectivity index is 0.00000240. The van der Waals surface area contributed by atoms with Gasteiger partial charge in [0.25, 0.3) is 0 Å². The van der Waals surface area contributed by atoms with Crippen LogP contribution in [0.4, 0.5) is 5.69 Å². The molecule has 29 heavy (non-hydrogen) atoms. The van der Waals surface area contributed by atoms with Crippen molar-refractivity contribution >= 4 is 17.0 Å². The molecule has 0 aliphatic carbocycles. The van der Waals surface area contributed by atoms with Crippen molar-refractivity contribution in [3.63, 3.8) is 0 Å². The van der Waals surface area contributed by atoms with E-state index < -0.39 is 0 Å². The summed E-state index contributed by atoms with van der Waals surface area (Å²) in [6.07, 6.45) is 0. The Morgan fingerprint density at radius 2 is 1.55 bits per heavy atom. The van der Waals surface area contributed by atoms with Gasteiger partial charge in [0, 0.05) is 11.9 Å². The van der Waals surface area contributed by atoms with Crippen molar-refractivity contribution in [2.24, 2.45) is 4.99 Å². The molecule has 0 unspecified atom stereocenters. The molecule has 0 spiro atoms. The van der Waals surface area contributed by atoms with Crippen molar-refractivity contribution in [3.05, 3.63) is 94.6 Å². The first-order valence-corrected chi connectivity index (χ1v) is 10.2. The lowest BCUT2D eigenvalue weighted by atomic mass is 10.0. The zero-order valence-corrected chi connectivity index (χ0v) is 18.5. The minimum absolute atomic E-state index is 0. The normalized spacial score (nSPS) is 11.3. The molecule has 1 N–H and O–H groups in total. The highest BCUT2D eigenvalue weighted by atomic mass is 79.9. The lowest BCUT2D eigenvalue weighted by Crippen LogP contribution is -3.00. The van der Waals surface area contributed by atoms with Crippen LogP contribution in [-0.2, 0) is 6.54 Å². The summed E-state index contributed by atoms with van der Waals surface area (Å²) < 4.78 is 2.09. The molecule has 0 saturated carbocycles. The quantitative estimate of drug-likeness (QED) is 0.482. The maximum atomic E-state index is 9.58. The number of benzene rings is 3. The fourth-order valence-corrected chi connectivity index (χ4v) is 4.19. The molecule has 0 amide bonds. The maximum absolute atomic E-state index is 9.58. The average Bonchev–Trinajstić information content (AvgIpc) is 3.11. The van der Waals surface area contributed by atoms with Gasteiger partial charge in [0.1, 0.15) is 0 Å². The molecule has 0 radical (unpaired) electrons. The van der Waals surface area contributed by atoms with Gasteiger partial charge in [0.2, 0.25) is 0 Å². The van der Waals surface area contributed by atoms with Crippen LogP contribution in [-0.4, -0.2) is 16.3 Å². The predicted octanol–water partition coefficient (Wildman–Crippen LogP) is 2.42. The Bertz CT molecular complexity index is 1130. The number of halogens is 1. The number of aromatic nitrogens is 1. The molecular weight excluding hydrogens is 444 g/mol. The molecule has 4 rings (SSSR count). The van der Waals surface area contributed by atoms with Gasteiger partial charge in [-0.05, 0) is 41.3 Å². The van der Waals surface area contributed by atoms with Gasteiger partial charge in [0.05, 0.1) is 18.0 Å². The van der Waals surface area contributed by atoms with E-state index in [0.29, 0.717) is 6.54 Å². The molecular formula is C24H22BrN2OS-. The molecule has 0 fully saturated rings. The molecule has 3 nitrogen and oxygen atoms in total. The third kappa shape index (κ3) is 4.93. The second kappa shape index (κ2) is 9.83. The second-order valence-electron chi connectivity index (χ2n) is 6.67. The Morgan fingerprint density at radius 1 is 0.862 bits per heavy atom. The van der Waals surface area contributed by atoms with Gasteiger partial charge in [-0.25, -0.2) is 4.99 Å². The summed E-state index contributed by atoms with van der Waals surface area (Å²) in [7, 11) is 0. The van der Waals surface area contributed by atoms with Crippen molar-refractivity contribution in [1.82, 2.24) is 4.57 Å². The fourth-order valence-electron chi connectivity index (χ4n) is 3.24. The number of aryl methyl sites for hydroxylation is 1. The third-order valence-electron chi connectivity index (χ3n) is 4.64. The highest BCUT2D eigenvalue weighted by molar-refractivity contribution is 7.07.